The third-order valence-corrected chi connectivity index (χ3v) is 1.99. The molecule has 0 aromatic carbocycles. The number of ether oxygens (including phenoxy) is 4. The van der Waals surface area contributed by atoms with E-state index in [1.165, 1.54) is 0 Å². The van der Waals surface area contributed by atoms with Gasteiger partial charge in [0.2, 0.25) is 0 Å². The lowest BCUT2D eigenvalue weighted by Crippen LogP contribution is -2.14. The molecule has 0 aromatic heterocycles. The van der Waals surface area contributed by atoms with Crippen molar-refractivity contribution in [1.29, 1.82) is 0 Å². The van der Waals surface area contributed by atoms with E-state index in [9.17, 15) is 4.79 Å². The van der Waals surface area contributed by atoms with Crippen LogP contribution in [0.4, 0.5) is 0 Å². The predicted octanol–water partition coefficient (Wildman–Crippen LogP) is 1.01. The van der Waals surface area contributed by atoms with Crippen molar-refractivity contribution in [1.82, 2.24) is 0 Å². The molecule has 0 N–H and O–H groups in total. The molecule has 0 saturated carbocycles. The first-order chi connectivity index (χ1) is 7.81. The molecule has 0 aliphatic heterocycles. The Kier molecular flexibility index (Phi) is 11.9. The summed E-state index contributed by atoms with van der Waals surface area (Å²) in [6.45, 7) is 7.47. The van der Waals surface area contributed by atoms with Gasteiger partial charge in [-0.05, 0) is 13.3 Å². The Labute approximate surface area is 97.0 Å². The molecule has 0 rings (SSSR count). The molecule has 16 heavy (non-hydrogen) atoms. The van der Waals surface area contributed by atoms with E-state index in [1.807, 2.05) is 6.92 Å². The van der Waals surface area contributed by atoms with Crippen LogP contribution in [-0.4, -0.2) is 52.2 Å². The Bertz CT molecular complexity index is 151. The molecule has 0 bridgehead atoms. The van der Waals surface area contributed by atoms with Gasteiger partial charge in [0.1, 0.15) is 6.61 Å². The molecule has 1 atom stereocenters. The van der Waals surface area contributed by atoms with Crippen molar-refractivity contribution in [2.75, 3.05) is 39.6 Å². The third kappa shape index (κ3) is 11.4. The average Bonchev–Trinajstić information content (AvgIpc) is 2.31. The molecule has 0 aliphatic carbocycles. The smallest absolute Gasteiger partial charge is 0.293 e. The van der Waals surface area contributed by atoms with Crippen LogP contribution in [-0.2, 0) is 23.7 Å². The summed E-state index contributed by atoms with van der Waals surface area (Å²) >= 11 is 0. The Morgan fingerprint density at radius 2 is 1.56 bits per heavy atom. The second-order valence-electron chi connectivity index (χ2n) is 3.28. The summed E-state index contributed by atoms with van der Waals surface area (Å²) in [5, 5.41) is 0. The van der Waals surface area contributed by atoms with Crippen molar-refractivity contribution in [3.63, 3.8) is 0 Å². The Balaban J connectivity index is 2.96. The summed E-state index contributed by atoms with van der Waals surface area (Å²) in [4.78, 5) is 9.78. The monoisotopic (exact) mass is 234 g/mol. The predicted molar refractivity (Wildman–Crippen MR) is 59.4 cm³/mol. The maximum Gasteiger partial charge on any atom is 0.293 e. The highest BCUT2D eigenvalue weighted by atomic mass is 16.6. The topological polar surface area (TPSA) is 54.0 Å². The zero-order chi connectivity index (χ0) is 12.1. The van der Waals surface area contributed by atoms with Crippen LogP contribution >= 0.6 is 0 Å². The van der Waals surface area contributed by atoms with Crippen molar-refractivity contribution in [3.8, 4) is 0 Å². The van der Waals surface area contributed by atoms with Gasteiger partial charge < -0.3 is 18.9 Å². The summed E-state index contributed by atoms with van der Waals surface area (Å²) in [6, 6.07) is 0. The molecule has 0 radical (unpaired) electrons. The molecule has 0 fully saturated rings. The fourth-order valence-corrected chi connectivity index (χ4v) is 0.903. The van der Waals surface area contributed by atoms with Gasteiger partial charge in [0.25, 0.3) is 6.47 Å². The van der Waals surface area contributed by atoms with E-state index in [0.717, 1.165) is 6.42 Å². The highest BCUT2D eigenvalue weighted by Gasteiger charge is 1.97. The standard InChI is InChI=1S/C11H22O5/c1-3-11(2)16-9-8-14-5-4-13-6-7-15-10-12/h10-11H,3-9H2,1-2H3. The maximum absolute atomic E-state index is 9.78. The summed E-state index contributed by atoms with van der Waals surface area (Å²) in [5.74, 6) is 0. The lowest BCUT2D eigenvalue weighted by atomic mass is 10.3. The molecular formula is C11H22O5. The zero-order valence-corrected chi connectivity index (χ0v) is 10.1. The lowest BCUT2D eigenvalue weighted by Gasteiger charge is -2.10. The first-order valence-electron chi connectivity index (χ1n) is 5.63. The van der Waals surface area contributed by atoms with Crippen molar-refractivity contribution < 1.29 is 23.7 Å². The van der Waals surface area contributed by atoms with E-state index in [1.54, 1.807) is 0 Å². The number of carbonyl (C=O) groups is 1. The first kappa shape index (κ1) is 15.3. The van der Waals surface area contributed by atoms with Crippen LogP contribution in [0.5, 0.6) is 0 Å². The number of rotatable bonds is 12. The molecule has 5 nitrogen and oxygen atoms in total. The van der Waals surface area contributed by atoms with Gasteiger partial charge >= 0.3 is 0 Å². The Morgan fingerprint density at radius 3 is 2.12 bits per heavy atom. The van der Waals surface area contributed by atoms with Gasteiger partial charge in [-0.15, -0.1) is 0 Å². The van der Waals surface area contributed by atoms with E-state index in [4.69, 9.17) is 14.2 Å². The van der Waals surface area contributed by atoms with Crippen molar-refractivity contribution in [2.24, 2.45) is 0 Å². The third-order valence-electron chi connectivity index (χ3n) is 1.99. The maximum atomic E-state index is 9.78. The van der Waals surface area contributed by atoms with Crippen LogP contribution in [0.3, 0.4) is 0 Å². The van der Waals surface area contributed by atoms with Gasteiger partial charge in [-0.1, -0.05) is 6.92 Å². The molecule has 0 aliphatic rings. The van der Waals surface area contributed by atoms with Gasteiger partial charge in [-0.2, -0.15) is 0 Å². The molecule has 1 unspecified atom stereocenters. The fraction of sp³-hybridized carbons (Fsp3) is 0.909. The highest BCUT2D eigenvalue weighted by molar-refractivity contribution is 5.36. The van der Waals surface area contributed by atoms with Crippen molar-refractivity contribution in [3.05, 3.63) is 0 Å². The molecule has 0 heterocycles. The van der Waals surface area contributed by atoms with E-state index >= 15 is 0 Å². The quantitative estimate of drug-likeness (QED) is 0.372. The Hall–Kier alpha value is -0.650. The second-order valence-corrected chi connectivity index (χ2v) is 3.28. The molecule has 5 heteroatoms. The first-order valence-corrected chi connectivity index (χ1v) is 5.63. The number of hydrogen-bond acceptors (Lipinski definition) is 5. The second kappa shape index (κ2) is 12.4. The van der Waals surface area contributed by atoms with Crippen LogP contribution in [0, 0.1) is 0 Å². The number of carbonyl (C=O) groups excluding carboxylic acids is 1. The average molecular weight is 234 g/mol. The lowest BCUT2D eigenvalue weighted by molar-refractivity contribution is -0.130. The van der Waals surface area contributed by atoms with Crippen molar-refractivity contribution in [2.45, 2.75) is 26.4 Å². The van der Waals surface area contributed by atoms with Gasteiger partial charge in [0, 0.05) is 0 Å². The van der Waals surface area contributed by atoms with E-state index in [-0.39, 0.29) is 0 Å². The molecule has 0 saturated heterocycles. The van der Waals surface area contributed by atoms with E-state index < -0.39 is 0 Å². The minimum absolute atomic E-state index is 0.292. The summed E-state index contributed by atoms with van der Waals surface area (Å²) in [7, 11) is 0. The normalized spacial score (nSPS) is 12.4. The summed E-state index contributed by atoms with van der Waals surface area (Å²) < 4.78 is 20.3. The van der Waals surface area contributed by atoms with Crippen LogP contribution in [0.25, 0.3) is 0 Å². The minimum Gasteiger partial charge on any atom is -0.465 e. The van der Waals surface area contributed by atoms with Gasteiger partial charge in [0.15, 0.2) is 0 Å². The van der Waals surface area contributed by atoms with Gasteiger partial charge in [-0.3, -0.25) is 4.79 Å². The van der Waals surface area contributed by atoms with Crippen LogP contribution < -0.4 is 0 Å². The molecule has 0 amide bonds. The van der Waals surface area contributed by atoms with E-state index in [2.05, 4.69) is 11.7 Å². The summed E-state index contributed by atoms with van der Waals surface area (Å²) in [6.07, 6.45) is 1.31. The van der Waals surface area contributed by atoms with E-state index in [0.29, 0.717) is 52.2 Å². The van der Waals surface area contributed by atoms with Gasteiger partial charge in [0.05, 0.1) is 39.1 Å². The molecule has 0 aromatic rings. The number of hydrogen-bond donors (Lipinski definition) is 0. The highest BCUT2D eigenvalue weighted by Crippen LogP contribution is 1.94. The zero-order valence-electron chi connectivity index (χ0n) is 10.1. The van der Waals surface area contributed by atoms with Crippen LogP contribution in [0.2, 0.25) is 0 Å². The fourth-order valence-electron chi connectivity index (χ4n) is 0.903. The summed E-state index contributed by atoms with van der Waals surface area (Å²) in [5.41, 5.74) is 0. The van der Waals surface area contributed by atoms with Crippen LogP contribution in [0.15, 0.2) is 0 Å². The van der Waals surface area contributed by atoms with Crippen molar-refractivity contribution >= 4 is 6.47 Å². The molecule has 96 valence electrons. The Morgan fingerprint density at radius 1 is 1.00 bits per heavy atom. The van der Waals surface area contributed by atoms with Gasteiger partial charge in [-0.25, -0.2) is 0 Å². The largest absolute Gasteiger partial charge is 0.465 e. The molecular weight excluding hydrogens is 212 g/mol. The SMILES string of the molecule is CCC(C)OCCOCCOCCOC=O. The van der Waals surface area contributed by atoms with Crippen LogP contribution in [0.1, 0.15) is 20.3 Å². The molecule has 0 spiro atoms. The minimum atomic E-state index is 0.292.